The van der Waals surface area contributed by atoms with E-state index in [0.717, 1.165) is 6.42 Å². The SMILES string of the molecule is CC(C)(O)[C@H](O)CC[C@](C)(O)[C@H]1CC[C@]2(C)[C@@H]1[C@H](O)C[C@@H]1[C@@]3(C)CC[C@H](O)C(C)(C)[C@H]3[C@@H](O[C@@H]3O[C@@H](CO)[C@H](O)[C@@H](O)[C@@H]3O)C[C@]12C. The molecule has 0 unspecified atom stereocenters. The average Bonchev–Trinajstić information content (AvgIpc) is 3.36. The summed E-state index contributed by atoms with van der Waals surface area (Å²) in [5.41, 5.74) is -4.31. The van der Waals surface area contributed by atoms with Crippen molar-refractivity contribution in [3.8, 4) is 0 Å². The normalized spacial score (nSPS) is 51.8. The fourth-order valence-corrected chi connectivity index (χ4v) is 12.0. The Morgan fingerprint density at radius 2 is 1.51 bits per heavy atom. The second-order valence-corrected chi connectivity index (χ2v) is 18.4. The van der Waals surface area contributed by atoms with E-state index < -0.39 is 89.2 Å². The summed E-state index contributed by atoms with van der Waals surface area (Å²) in [4.78, 5) is 0. The number of aliphatic hydroxyl groups is 9. The van der Waals surface area contributed by atoms with E-state index in [0.29, 0.717) is 32.1 Å². The zero-order valence-electron chi connectivity index (χ0n) is 29.7. The van der Waals surface area contributed by atoms with Gasteiger partial charge in [-0.3, -0.25) is 0 Å². The fourth-order valence-electron chi connectivity index (χ4n) is 12.0. The van der Waals surface area contributed by atoms with E-state index in [1.807, 2.05) is 13.8 Å². The minimum atomic E-state index is -1.58. The molecule has 47 heavy (non-hydrogen) atoms. The molecule has 4 saturated carbocycles. The van der Waals surface area contributed by atoms with Gasteiger partial charge in [0.2, 0.25) is 0 Å². The Labute approximate surface area is 280 Å². The van der Waals surface area contributed by atoms with Gasteiger partial charge in [0, 0.05) is 0 Å². The molecule has 0 aromatic carbocycles. The number of hydrogen-bond acceptors (Lipinski definition) is 11. The van der Waals surface area contributed by atoms with Gasteiger partial charge in [-0.1, -0.05) is 34.6 Å². The van der Waals surface area contributed by atoms with Crippen molar-refractivity contribution in [3.05, 3.63) is 0 Å². The van der Waals surface area contributed by atoms with Gasteiger partial charge in [0.15, 0.2) is 6.29 Å². The summed E-state index contributed by atoms with van der Waals surface area (Å²) in [5, 5.41) is 98.1. The second kappa shape index (κ2) is 12.4. The van der Waals surface area contributed by atoms with E-state index >= 15 is 0 Å². The number of fused-ring (bicyclic) bond motifs is 5. The lowest BCUT2D eigenvalue weighted by atomic mass is 9.34. The maximum atomic E-state index is 12.1. The van der Waals surface area contributed by atoms with Crippen molar-refractivity contribution in [1.82, 2.24) is 0 Å². The van der Waals surface area contributed by atoms with E-state index in [1.165, 1.54) is 0 Å². The summed E-state index contributed by atoms with van der Waals surface area (Å²) in [6, 6.07) is 0. The third-order valence-corrected chi connectivity index (χ3v) is 14.9. The molecule has 11 nitrogen and oxygen atoms in total. The van der Waals surface area contributed by atoms with E-state index in [9.17, 15) is 46.0 Å². The maximum absolute atomic E-state index is 12.1. The van der Waals surface area contributed by atoms with Crippen LogP contribution in [0.25, 0.3) is 0 Å². The summed E-state index contributed by atoms with van der Waals surface area (Å²) in [6.45, 7) is 15.2. The van der Waals surface area contributed by atoms with Crippen molar-refractivity contribution in [2.45, 2.75) is 173 Å². The largest absolute Gasteiger partial charge is 0.394 e. The van der Waals surface area contributed by atoms with Crippen LogP contribution in [0.2, 0.25) is 0 Å². The molecule has 5 aliphatic rings. The van der Waals surface area contributed by atoms with Crippen LogP contribution in [-0.4, -0.2) is 119 Å². The molecule has 1 aliphatic heterocycles. The second-order valence-electron chi connectivity index (χ2n) is 18.4. The van der Waals surface area contributed by atoms with Crippen LogP contribution in [0.4, 0.5) is 0 Å². The first-order valence-corrected chi connectivity index (χ1v) is 17.9. The van der Waals surface area contributed by atoms with Crippen LogP contribution in [0.1, 0.15) is 107 Å². The Balaban J connectivity index is 1.52. The zero-order chi connectivity index (χ0) is 35.3. The van der Waals surface area contributed by atoms with Gasteiger partial charge < -0.3 is 55.4 Å². The van der Waals surface area contributed by atoms with Gasteiger partial charge in [-0.05, 0) is 117 Å². The number of ether oxygens (including phenoxy) is 2. The van der Waals surface area contributed by atoms with E-state index in [-0.39, 0.29) is 41.9 Å². The third-order valence-electron chi connectivity index (χ3n) is 14.9. The highest BCUT2D eigenvalue weighted by Gasteiger charge is 2.73. The first-order valence-electron chi connectivity index (χ1n) is 17.9. The van der Waals surface area contributed by atoms with Crippen molar-refractivity contribution < 1.29 is 55.4 Å². The number of aliphatic hydroxyl groups excluding tert-OH is 7. The van der Waals surface area contributed by atoms with Gasteiger partial charge >= 0.3 is 0 Å². The Morgan fingerprint density at radius 1 is 0.872 bits per heavy atom. The summed E-state index contributed by atoms with van der Waals surface area (Å²) < 4.78 is 12.6. The molecular formula is C36H64O11. The molecular weight excluding hydrogens is 608 g/mol. The molecule has 11 heteroatoms. The molecule has 0 aromatic rings. The Bertz CT molecular complexity index is 1120. The Morgan fingerprint density at radius 3 is 2.11 bits per heavy atom. The first-order chi connectivity index (χ1) is 21.5. The summed E-state index contributed by atoms with van der Waals surface area (Å²) in [6.07, 6.45) is -5.58. The fraction of sp³-hybridized carbons (Fsp3) is 1.00. The molecule has 5 rings (SSSR count). The van der Waals surface area contributed by atoms with Gasteiger partial charge in [0.05, 0.1) is 42.2 Å². The molecule has 0 spiro atoms. The van der Waals surface area contributed by atoms with Crippen LogP contribution in [0.15, 0.2) is 0 Å². The lowest BCUT2D eigenvalue weighted by Crippen LogP contribution is -2.71. The maximum Gasteiger partial charge on any atom is 0.186 e. The van der Waals surface area contributed by atoms with Crippen LogP contribution < -0.4 is 0 Å². The number of hydrogen-bond donors (Lipinski definition) is 9. The van der Waals surface area contributed by atoms with Gasteiger partial charge in [-0.25, -0.2) is 0 Å². The molecule has 0 amide bonds. The molecule has 0 aromatic heterocycles. The quantitative estimate of drug-likeness (QED) is 0.169. The molecule has 17 atom stereocenters. The highest BCUT2D eigenvalue weighted by Crippen LogP contribution is 2.76. The summed E-state index contributed by atoms with van der Waals surface area (Å²) >= 11 is 0. The van der Waals surface area contributed by atoms with Crippen molar-refractivity contribution in [3.63, 3.8) is 0 Å². The summed E-state index contributed by atoms with van der Waals surface area (Å²) in [5.74, 6) is -0.638. The molecule has 5 fully saturated rings. The smallest absolute Gasteiger partial charge is 0.186 e. The molecule has 1 heterocycles. The van der Waals surface area contributed by atoms with E-state index in [1.54, 1.807) is 20.8 Å². The van der Waals surface area contributed by atoms with Crippen LogP contribution >= 0.6 is 0 Å². The third kappa shape index (κ3) is 5.85. The standard InChI is InChI=1S/C36H64O11/c1-31(2)23(39)10-12-33(5)22-15-19(38)25-18(36(8,45)14-11-24(40)32(3,4)44)9-13-34(25,6)35(22,7)16-20(29(31)33)46-30-28(43)27(42)26(41)21(17-37)47-30/h18-30,37-45H,9-17H2,1-8H3/t18-,19+,20-,21-,22+,23-,24+,25-,26-,27+,28-,29+,30+,33+,34+,35+,36-/m0/s1. The van der Waals surface area contributed by atoms with Crippen molar-refractivity contribution in [1.29, 1.82) is 0 Å². The van der Waals surface area contributed by atoms with Crippen LogP contribution in [0.5, 0.6) is 0 Å². The lowest BCUT2D eigenvalue weighted by molar-refractivity contribution is -0.346. The van der Waals surface area contributed by atoms with E-state index in [4.69, 9.17) is 9.47 Å². The summed E-state index contributed by atoms with van der Waals surface area (Å²) in [7, 11) is 0. The van der Waals surface area contributed by atoms with Gasteiger partial charge in [-0.15, -0.1) is 0 Å². The lowest BCUT2D eigenvalue weighted by Gasteiger charge is -2.72. The first kappa shape index (κ1) is 37.8. The Kier molecular flexibility index (Phi) is 9.94. The number of rotatable bonds is 8. The molecule has 1 saturated heterocycles. The highest BCUT2D eigenvalue weighted by atomic mass is 16.7. The van der Waals surface area contributed by atoms with Gasteiger partial charge in [0.25, 0.3) is 0 Å². The Hall–Kier alpha value is -0.440. The van der Waals surface area contributed by atoms with Crippen LogP contribution in [-0.2, 0) is 9.47 Å². The monoisotopic (exact) mass is 672 g/mol. The minimum absolute atomic E-state index is 0.0541. The topological polar surface area (TPSA) is 201 Å². The molecule has 0 radical (unpaired) electrons. The molecule has 4 aliphatic carbocycles. The van der Waals surface area contributed by atoms with Gasteiger partial charge in [-0.2, -0.15) is 0 Å². The average molecular weight is 673 g/mol. The van der Waals surface area contributed by atoms with Crippen molar-refractivity contribution in [2.24, 2.45) is 45.3 Å². The van der Waals surface area contributed by atoms with E-state index in [2.05, 4.69) is 20.8 Å². The van der Waals surface area contributed by atoms with Crippen LogP contribution in [0.3, 0.4) is 0 Å². The van der Waals surface area contributed by atoms with Crippen molar-refractivity contribution in [2.75, 3.05) is 6.61 Å². The predicted molar refractivity (Wildman–Crippen MR) is 173 cm³/mol. The van der Waals surface area contributed by atoms with Gasteiger partial charge in [0.1, 0.15) is 24.4 Å². The molecule has 9 N–H and O–H groups in total. The minimum Gasteiger partial charge on any atom is -0.394 e. The predicted octanol–water partition coefficient (Wildman–Crippen LogP) is 1.46. The highest BCUT2D eigenvalue weighted by molar-refractivity contribution is 5.22. The van der Waals surface area contributed by atoms with Crippen molar-refractivity contribution >= 4 is 0 Å². The van der Waals surface area contributed by atoms with Crippen LogP contribution in [0, 0.1) is 45.3 Å². The molecule has 274 valence electrons. The zero-order valence-corrected chi connectivity index (χ0v) is 29.7. The molecule has 0 bridgehead atoms.